The fourth-order valence-corrected chi connectivity index (χ4v) is 4.05. The van der Waals surface area contributed by atoms with Gasteiger partial charge in [-0.05, 0) is 58.4 Å². The first-order valence-electron chi connectivity index (χ1n) is 8.57. The molecule has 1 N–H and O–H groups in total. The van der Waals surface area contributed by atoms with Gasteiger partial charge in [0, 0.05) is 18.1 Å². The Morgan fingerprint density at radius 1 is 1.33 bits per heavy atom. The van der Waals surface area contributed by atoms with Crippen molar-refractivity contribution in [1.82, 2.24) is 10.2 Å². The molecule has 2 saturated carbocycles. The van der Waals surface area contributed by atoms with E-state index in [2.05, 4.69) is 30.1 Å². The van der Waals surface area contributed by atoms with Gasteiger partial charge in [-0.25, -0.2) is 0 Å². The van der Waals surface area contributed by atoms with Gasteiger partial charge in [-0.15, -0.1) is 0 Å². The van der Waals surface area contributed by atoms with E-state index >= 15 is 0 Å². The monoisotopic (exact) mass is 291 g/mol. The Labute approximate surface area is 128 Å². The Morgan fingerprint density at radius 3 is 2.81 bits per heavy atom. The molecule has 2 aliphatic carbocycles. The van der Waals surface area contributed by atoms with Crippen molar-refractivity contribution in [3.8, 4) is 6.07 Å². The number of nitrogens with zero attached hydrogens (tertiary/aromatic N) is 2. The van der Waals surface area contributed by atoms with E-state index in [4.69, 9.17) is 4.74 Å². The van der Waals surface area contributed by atoms with Gasteiger partial charge in [-0.1, -0.05) is 6.42 Å². The number of morpholine rings is 1. The molecule has 2 atom stereocenters. The van der Waals surface area contributed by atoms with Crippen LogP contribution in [-0.4, -0.2) is 48.3 Å². The summed E-state index contributed by atoms with van der Waals surface area (Å²) in [7, 11) is 0. The average molecular weight is 291 g/mol. The van der Waals surface area contributed by atoms with Gasteiger partial charge in [-0.3, -0.25) is 10.2 Å². The van der Waals surface area contributed by atoms with Crippen molar-refractivity contribution >= 4 is 0 Å². The molecule has 3 fully saturated rings. The molecule has 21 heavy (non-hydrogen) atoms. The molecule has 0 bridgehead atoms. The third-order valence-corrected chi connectivity index (χ3v) is 5.62. The summed E-state index contributed by atoms with van der Waals surface area (Å²) in [5, 5.41) is 13.4. The topological polar surface area (TPSA) is 48.3 Å². The molecular weight excluding hydrogens is 262 g/mol. The Morgan fingerprint density at radius 2 is 2.14 bits per heavy atom. The van der Waals surface area contributed by atoms with Gasteiger partial charge in [0.25, 0.3) is 0 Å². The van der Waals surface area contributed by atoms with Crippen molar-refractivity contribution in [1.29, 1.82) is 5.26 Å². The minimum Gasteiger partial charge on any atom is -0.378 e. The molecule has 1 aliphatic heterocycles. The third kappa shape index (κ3) is 3.26. The van der Waals surface area contributed by atoms with Gasteiger partial charge in [-0.2, -0.15) is 5.26 Å². The molecule has 3 aliphatic rings. The molecule has 4 heteroatoms. The molecule has 1 saturated heterocycles. The van der Waals surface area contributed by atoms with Crippen LogP contribution in [0.3, 0.4) is 0 Å². The summed E-state index contributed by atoms with van der Waals surface area (Å²) in [6.45, 7) is 8.31. The fraction of sp³-hybridized carbons (Fsp3) is 0.941. The van der Waals surface area contributed by atoms with Crippen LogP contribution in [0, 0.1) is 17.2 Å². The van der Waals surface area contributed by atoms with Gasteiger partial charge in [0.15, 0.2) is 0 Å². The van der Waals surface area contributed by atoms with Crippen molar-refractivity contribution in [3.63, 3.8) is 0 Å². The first kappa shape index (κ1) is 15.3. The Kier molecular flexibility index (Phi) is 4.27. The number of rotatable bonds is 5. The van der Waals surface area contributed by atoms with Crippen LogP contribution in [0.4, 0.5) is 0 Å². The van der Waals surface area contributed by atoms with Crippen molar-refractivity contribution in [2.75, 3.05) is 26.3 Å². The molecule has 0 spiro atoms. The summed E-state index contributed by atoms with van der Waals surface area (Å²) in [6.07, 6.45) is 7.09. The molecule has 4 nitrogen and oxygen atoms in total. The van der Waals surface area contributed by atoms with Gasteiger partial charge in [0.1, 0.15) is 5.54 Å². The number of ether oxygens (including phenoxy) is 1. The minimum atomic E-state index is -0.238. The van der Waals surface area contributed by atoms with Gasteiger partial charge in [0.05, 0.1) is 19.3 Å². The molecule has 0 aromatic heterocycles. The highest BCUT2D eigenvalue weighted by molar-refractivity contribution is 5.16. The van der Waals surface area contributed by atoms with Crippen molar-refractivity contribution < 1.29 is 4.74 Å². The van der Waals surface area contributed by atoms with Crippen LogP contribution in [0.15, 0.2) is 0 Å². The number of nitrogens with one attached hydrogen (secondary N) is 1. The van der Waals surface area contributed by atoms with E-state index in [0.717, 1.165) is 39.1 Å². The molecule has 0 aromatic carbocycles. The van der Waals surface area contributed by atoms with Gasteiger partial charge < -0.3 is 4.74 Å². The van der Waals surface area contributed by atoms with E-state index in [1.165, 1.54) is 25.7 Å². The lowest BCUT2D eigenvalue weighted by Gasteiger charge is -2.43. The molecule has 0 radical (unpaired) electrons. The van der Waals surface area contributed by atoms with E-state index in [1.807, 2.05) is 0 Å². The first-order valence-corrected chi connectivity index (χ1v) is 8.57. The predicted octanol–water partition coefficient (Wildman–Crippen LogP) is 2.30. The maximum Gasteiger partial charge on any atom is 0.109 e. The van der Waals surface area contributed by atoms with Crippen molar-refractivity contribution in [2.24, 2.45) is 5.92 Å². The van der Waals surface area contributed by atoms with Gasteiger partial charge in [0.2, 0.25) is 0 Å². The minimum absolute atomic E-state index is 0.135. The van der Waals surface area contributed by atoms with E-state index in [1.54, 1.807) is 0 Å². The van der Waals surface area contributed by atoms with Crippen LogP contribution < -0.4 is 5.32 Å². The zero-order valence-corrected chi connectivity index (χ0v) is 13.5. The average Bonchev–Trinajstić information content (AvgIpc) is 3.17. The standard InChI is InChI=1S/C17H29N3O/c1-16(2)13-21-11-10-20(16)9-7-14-4-3-8-17(14,12-18)19-15-5-6-15/h14-15,19H,3-11,13H2,1-2H3. The van der Waals surface area contributed by atoms with E-state index < -0.39 is 0 Å². The van der Waals surface area contributed by atoms with Crippen LogP contribution in [-0.2, 0) is 4.74 Å². The summed E-state index contributed by atoms with van der Waals surface area (Å²) < 4.78 is 5.60. The normalized spacial score (nSPS) is 36.5. The van der Waals surface area contributed by atoms with E-state index in [0.29, 0.717) is 12.0 Å². The lowest BCUT2D eigenvalue weighted by atomic mass is 9.85. The quantitative estimate of drug-likeness (QED) is 0.844. The predicted molar refractivity (Wildman–Crippen MR) is 82.9 cm³/mol. The van der Waals surface area contributed by atoms with Crippen LogP contribution in [0.1, 0.15) is 52.4 Å². The SMILES string of the molecule is CC1(C)COCCN1CCC1CCCC1(C#N)NC1CC1. The maximum atomic E-state index is 9.76. The Bertz CT molecular complexity index is 413. The second-order valence-corrected chi connectivity index (χ2v) is 7.73. The summed E-state index contributed by atoms with van der Waals surface area (Å²) in [5.41, 5.74) is -0.103. The largest absolute Gasteiger partial charge is 0.378 e. The van der Waals surface area contributed by atoms with Crippen molar-refractivity contribution in [2.45, 2.75) is 69.5 Å². The number of nitriles is 1. The van der Waals surface area contributed by atoms with E-state index in [-0.39, 0.29) is 11.1 Å². The number of hydrogen-bond acceptors (Lipinski definition) is 4. The zero-order valence-electron chi connectivity index (χ0n) is 13.5. The zero-order chi connectivity index (χ0) is 14.9. The maximum absolute atomic E-state index is 9.76. The smallest absolute Gasteiger partial charge is 0.109 e. The highest BCUT2D eigenvalue weighted by atomic mass is 16.5. The first-order chi connectivity index (χ1) is 10.1. The molecule has 3 rings (SSSR count). The molecule has 0 amide bonds. The van der Waals surface area contributed by atoms with E-state index in [9.17, 15) is 5.26 Å². The molecule has 0 aromatic rings. The summed E-state index contributed by atoms with van der Waals surface area (Å²) >= 11 is 0. The van der Waals surface area contributed by atoms with Crippen LogP contribution >= 0.6 is 0 Å². The molecular formula is C17H29N3O. The Balaban J connectivity index is 1.59. The lowest BCUT2D eigenvalue weighted by molar-refractivity contribution is -0.0533. The molecule has 118 valence electrons. The third-order valence-electron chi connectivity index (χ3n) is 5.62. The van der Waals surface area contributed by atoms with Crippen LogP contribution in [0.25, 0.3) is 0 Å². The van der Waals surface area contributed by atoms with Crippen molar-refractivity contribution in [3.05, 3.63) is 0 Å². The van der Waals surface area contributed by atoms with Gasteiger partial charge >= 0.3 is 0 Å². The molecule has 1 heterocycles. The summed E-state index contributed by atoms with van der Waals surface area (Å²) in [6, 6.07) is 3.27. The van der Waals surface area contributed by atoms with Crippen LogP contribution in [0.2, 0.25) is 0 Å². The molecule has 2 unspecified atom stereocenters. The van der Waals surface area contributed by atoms with Crippen LogP contribution in [0.5, 0.6) is 0 Å². The second kappa shape index (κ2) is 5.87. The number of hydrogen-bond donors (Lipinski definition) is 1. The summed E-state index contributed by atoms with van der Waals surface area (Å²) in [4.78, 5) is 2.55. The highest BCUT2D eigenvalue weighted by Gasteiger charge is 2.46. The Hall–Kier alpha value is -0.630. The lowest BCUT2D eigenvalue weighted by Crippen LogP contribution is -2.54. The summed E-state index contributed by atoms with van der Waals surface area (Å²) in [5.74, 6) is 0.516. The fourth-order valence-electron chi connectivity index (χ4n) is 4.05. The highest BCUT2D eigenvalue weighted by Crippen LogP contribution is 2.40. The second-order valence-electron chi connectivity index (χ2n) is 7.73.